The van der Waals surface area contributed by atoms with Gasteiger partial charge in [0.2, 0.25) is 5.91 Å². The molecule has 0 radical (unpaired) electrons. The van der Waals surface area contributed by atoms with E-state index in [4.69, 9.17) is 4.74 Å². The van der Waals surface area contributed by atoms with E-state index in [1.165, 1.54) is 12.8 Å². The topological polar surface area (TPSA) is 50.4 Å². The standard InChI is InChI=1S/C22H26N2O2/c25-22(24-17-13-14-17)21(16-7-2-1-3-8-16)23-18-9-6-12-20(15-18)26-19-10-4-5-11-19/h1-3,6-9,12,15,17,19,21,23H,4-5,10-11,13-14H2,(H,24,25). The molecular weight excluding hydrogens is 324 g/mol. The Bertz CT molecular complexity index is 737. The molecule has 2 fully saturated rings. The number of carbonyl (C=O) groups excluding carboxylic acids is 1. The van der Waals surface area contributed by atoms with Gasteiger partial charge in [0.1, 0.15) is 11.8 Å². The van der Waals surface area contributed by atoms with Gasteiger partial charge in [0.25, 0.3) is 0 Å². The predicted molar refractivity (Wildman–Crippen MR) is 103 cm³/mol. The Kier molecular flexibility index (Phi) is 5.09. The number of hydrogen-bond acceptors (Lipinski definition) is 3. The zero-order valence-corrected chi connectivity index (χ0v) is 15.0. The highest BCUT2D eigenvalue weighted by Gasteiger charge is 2.28. The molecule has 0 spiro atoms. The molecule has 4 heteroatoms. The van der Waals surface area contributed by atoms with Gasteiger partial charge in [-0.2, -0.15) is 0 Å². The minimum absolute atomic E-state index is 0.0285. The van der Waals surface area contributed by atoms with Gasteiger partial charge in [-0.1, -0.05) is 36.4 Å². The second kappa shape index (κ2) is 7.81. The van der Waals surface area contributed by atoms with E-state index in [-0.39, 0.29) is 5.91 Å². The van der Waals surface area contributed by atoms with Crippen molar-refractivity contribution in [3.63, 3.8) is 0 Å². The first-order valence-corrected chi connectivity index (χ1v) is 9.66. The van der Waals surface area contributed by atoms with Crippen LogP contribution in [0.15, 0.2) is 54.6 Å². The Balaban J connectivity index is 1.50. The average Bonchev–Trinajstić information content (AvgIpc) is 3.33. The number of rotatable bonds is 7. The van der Waals surface area contributed by atoms with Gasteiger partial charge >= 0.3 is 0 Å². The summed E-state index contributed by atoms with van der Waals surface area (Å²) in [6.07, 6.45) is 7.26. The number of nitrogens with one attached hydrogen (secondary N) is 2. The van der Waals surface area contributed by atoms with E-state index >= 15 is 0 Å². The highest BCUT2D eigenvalue weighted by atomic mass is 16.5. The number of anilines is 1. The van der Waals surface area contributed by atoms with Crippen LogP contribution in [0.2, 0.25) is 0 Å². The fourth-order valence-corrected chi connectivity index (χ4v) is 3.48. The molecule has 2 aliphatic rings. The summed E-state index contributed by atoms with van der Waals surface area (Å²) in [5, 5.41) is 6.51. The van der Waals surface area contributed by atoms with E-state index in [9.17, 15) is 4.79 Å². The van der Waals surface area contributed by atoms with Gasteiger partial charge in [-0.05, 0) is 56.2 Å². The van der Waals surface area contributed by atoms with Crippen molar-refractivity contribution in [3.8, 4) is 5.75 Å². The third kappa shape index (κ3) is 4.37. The SMILES string of the molecule is O=C(NC1CC1)C(Nc1cccc(OC2CCCC2)c1)c1ccccc1. The summed E-state index contributed by atoms with van der Waals surface area (Å²) in [4.78, 5) is 12.8. The van der Waals surface area contributed by atoms with Gasteiger partial charge in [0, 0.05) is 17.8 Å². The lowest BCUT2D eigenvalue weighted by Gasteiger charge is -2.21. The molecule has 4 rings (SSSR count). The largest absolute Gasteiger partial charge is 0.490 e. The van der Waals surface area contributed by atoms with E-state index in [0.29, 0.717) is 12.1 Å². The predicted octanol–water partition coefficient (Wildman–Crippen LogP) is 4.44. The zero-order chi connectivity index (χ0) is 17.8. The maximum Gasteiger partial charge on any atom is 0.247 e. The number of ether oxygens (including phenoxy) is 1. The van der Waals surface area contributed by atoms with Crippen LogP contribution in [0, 0.1) is 0 Å². The molecule has 2 aromatic carbocycles. The van der Waals surface area contributed by atoms with Gasteiger partial charge in [-0.3, -0.25) is 4.79 Å². The summed E-state index contributed by atoms with van der Waals surface area (Å²) in [5.41, 5.74) is 1.87. The number of benzene rings is 2. The van der Waals surface area contributed by atoms with E-state index in [1.54, 1.807) is 0 Å². The van der Waals surface area contributed by atoms with Crippen molar-refractivity contribution in [2.75, 3.05) is 5.32 Å². The molecule has 26 heavy (non-hydrogen) atoms. The van der Waals surface area contributed by atoms with Crippen LogP contribution in [0.3, 0.4) is 0 Å². The Morgan fingerprint density at radius 2 is 1.73 bits per heavy atom. The Hall–Kier alpha value is -2.49. The third-order valence-corrected chi connectivity index (χ3v) is 5.07. The molecule has 2 aliphatic carbocycles. The molecule has 4 nitrogen and oxygen atoms in total. The van der Waals surface area contributed by atoms with Crippen molar-refractivity contribution in [2.45, 2.75) is 56.7 Å². The first-order chi connectivity index (χ1) is 12.8. The molecule has 1 unspecified atom stereocenters. The van der Waals surface area contributed by atoms with Gasteiger partial charge < -0.3 is 15.4 Å². The summed E-state index contributed by atoms with van der Waals surface area (Å²) >= 11 is 0. The van der Waals surface area contributed by atoms with Gasteiger partial charge in [-0.25, -0.2) is 0 Å². The van der Waals surface area contributed by atoms with E-state index in [2.05, 4.69) is 10.6 Å². The van der Waals surface area contributed by atoms with Crippen LogP contribution >= 0.6 is 0 Å². The summed E-state index contributed by atoms with van der Waals surface area (Å²) in [6.45, 7) is 0. The van der Waals surface area contributed by atoms with Crippen molar-refractivity contribution >= 4 is 11.6 Å². The lowest BCUT2D eigenvalue weighted by molar-refractivity contribution is -0.122. The fraction of sp³-hybridized carbons (Fsp3) is 0.409. The average molecular weight is 350 g/mol. The lowest BCUT2D eigenvalue weighted by atomic mass is 10.1. The molecule has 0 heterocycles. The minimum Gasteiger partial charge on any atom is -0.490 e. The maximum absolute atomic E-state index is 12.8. The second-order valence-corrected chi connectivity index (χ2v) is 7.32. The molecule has 1 atom stereocenters. The van der Waals surface area contributed by atoms with Crippen molar-refractivity contribution in [1.29, 1.82) is 0 Å². The highest BCUT2D eigenvalue weighted by molar-refractivity contribution is 5.86. The van der Waals surface area contributed by atoms with Crippen LogP contribution in [0.1, 0.15) is 50.1 Å². The Labute approximate surface area is 155 Å². The highest BCUT2D eigenvalue weighted by Crippen LogP contribution is 2.28. The molecule has 136 valence electrons. The quantitative estimate of drug-likeness (QED) is 0.776. The van der Waals surface area contributed by atoms with E-state index in [1.807, 2.05) is 54.6 Å². The Morgan fingerprint density at radius 3 is 2.46 bits per heavy atom. The van der Waals surface area contributed by atoms with Gasteiger partial charge in [0.15, 0.2) is 0 Å². The van der Waals surface area contributed by atoms with Gasteiger partial charge in [0.05, 0.1) is 6.10 Å². The molecule has 0 aromatic heterocycles. The molecule has 2 N–H and O–H groups in total. The van der Waals surface area contributed by atoms with Crippen LogP contribution in [-0.4, -0.2) is 18.1 Å². The molecule has 0 aliphatic heterocycles. The zero-order valence-electron chi connectivity index (χ0n) is 15.0. The fourth-order valence-electron chi connectivity index (χ4n) is 3.48. The number of carbonyl (C=O) groups is 1. The van der Waals surface area contributed by atoms with Crippen LogP contribution < -0.4 is 15.4 Å². The second-order valence-electron chi connectivity index (χ2n) is 7.32. The van der Waals surface area contributed by atoms with E-state index < -0.39 is 6.04 Å². The molecule has 2 aromatic rings. The van der Waals surface area contributed by atoms with Gasteiger partial charge in [-0.15, -0.1) is 0 Å². The molecule has 0 bridgehead atoms. The summed E-state index contributed by atoms with van der Waals surface area (Å²) in [6, 6.07) is 17.8. The first kappa shape index (κ1) is 17.0. The molecule has 2 saturated carbocycles. The van der Waals surface area contributed by atoms with Crippen LogP contribution in [-0.2, 0) is 4.79 Å². The van der Waals surface area contributed by atoms with E-state index in [0.717, 1.165) is 42.7 Å². The number of amides is 1. The van der Waals surface area contributed by atoms with Crippen LogP contribution in [0.5, 0.6) is 5.75 Å². The van der Waals surface area contributed by atoms with Crippen molar-refractivity contribution < 1.29 is 9.53 Å². The normalized spacial score (nSPS) is 18.3. The summed E-state index contributed by atoms with van der Waals surface area (Å²) in [7, 11) is 0. The van der Waals surface area contributed by atoms with Crippen molar-refractivity contribution in [1.82, 2.24) is 5.32 Å². The van der Waals surface area contributed by atoms with Crippen LogP contribution in [0.25, 0.3) is 0 Å². The minimum atomic E-state index is -0.404. The van der Waals surface area contributed by atoms with Crippen molar-refractivity contribution in [3.05, 3.63) is 60.2 Å². The van der Waals surface area contributed by atoms with Crippen molar-refractivity contribution in [2.24, 2.45) is 0 Å². The van der Waals surface area contributed by atoms with Crippen LogP contribution in [0.4, 0.5) is 5.69 Å². The smallest absolute Gasteiger partial charge is 0.247 e. The lowest BCUT2D eigenvalue weighted by Crippen LogP contribution is -2.34. The Morgan fingerprint density at radius 1 is 0.962 bits per heavy atom. The molecular formula is C22H26N2O2. The number of hydrogen-bond donors (Lipinski definition) is 2. The molecule has 0 saturated heterocycles. The summed E-state index contributed by atoms with van der Waals surface area (Å²) < 4.78 is 6.10. The maximum atomic E-state index is 12.8. The monoisotopic (exact) mass is 350 g/mol. The summed E-state index contributed by atoms with van der Waals surface area (Å²) in [5.74, 6) is 0.900. The third-order valence-electron chi connectivity index (χ3n) is 5.07. The first-order valence-electron chi connectivity index (χ1n) is 9.66. The molecule has 1 amide bonds.